The van der Waals surface area contributed by atoms with Crippen molar-refractivity contribution in [3.8, 4) is 5.82 Å². The van der Waals surface area contributed by atoms with E-state index in [1.807, 2.05) is 19.9 Å². The standard InChI is InChI=1S/C23H23ClFN5O2/c1-14-13-15(2)30(28-14)20-8-7-18(24)21(27-20)22(31)26-16-9-11-29(12-10-16)23(32)17-5-3-4-6-19(17)25/h3-8,13,16H,9-12H2,1-2H3,(H,26,31). The third-order valence-corrected chi connectivity index (χ3v) is 5.80. The summed E-state index contributed by atoms with van der Waals surface area (Å²) in [5, 5.41) is 7.60. The summed E-state index contributed by atoms with van der Waals surface area (Å²) in [6, 6.07) is 11.1. The Kier molecular flexibility index (Phi) is 6.23. The van der Waals surface area contributed by atoms with Crippen LogP contribution in [-0.2, 0) is 0 Å². The second kappa shape index (κ2) is 9.08. The van der Waals surface area contributed by atoms with Crippen molar-refractivity contribution in [2.45, 2.75) is 32.7 Å². The Morgan fingerprint density at radius 3 is 2.50 bits per heavy atom. The average Bonchev–Trinajstić information content (AvgIpc) is 3.12. The Hall–Kier alpha value is -3.26. The fourth-order valence-corrected chi connectivity index (χ4v) is 4.05. The first-order valence-electron chi connectivity index (χ1n) is 10.4. The number of rotatable bonds is 4. The number of aryl methyl sites for hydroxylation is 2. The molecule has 166 valence electrons. The van der Waals surface area contributed by atoms with Crippen LogP contribution < -0.4 is 5.32 Å². The van der Waals surface area contributed by atoms with Gasteiger partial charge in [-0.2, -0.15) is 5.10 Å². The molecule has 1 aliphatic rings. The number of benzene rings is 1. The second-order valence-electron chi connectivity index (χ2n) is 7.86. The van der Waals surface area contributed by atoms with Gasteiger partial charge in [-0.25, -0.2) is 14.1 Å². The quantitative estimate of drug-likeness (QED) is 0.650. The number of carbonyl (C=O) groups excluding carboxylic acids is 2. The lowest BCUT2D eigenvalue weighted by Crippen LogP contribution is -2.46. The van der Waals surface area contributed by atoms with Crippen molar-refractivity contribution in [3.05, 3.63) is 75.9 Å². The molecule has 7 nitrogen and oxygen atoms in total. The summed E-state index contributed by atoms with van der Waals surface area (Å²) in [5.41, 5.74) is 1.94. The number of halogens is 2. The third-order valence-electron chi connectivity index (χ3n) is 5.49. The Labute approximate surface area is 190 Å². The number of piperidine rings is 1. The summed E-state index contributed by atoms with van der Waals surface area (Å²) in [4.78, 5) is 31.5. The average molecular weight is 456 g/mol. The topological polar surface area (TPSA) is 80.1 Å². The maximum absolute atomic E-state index is 13.9. The number of aromatic nitrogens is 3. The number of carbonyl (C=O) groups is 2. The normalized spacial score (nSPS) is 14.4. The van der Waals surface area contributed by atoms with Crippen LogP contribution in [0.15, 0.2) is 42.5 Å². The first kappa shape index (κ1) is 22.0. The zero-order chi connectivity index (χ0) is 22.8. The number of hydrogen-bond acceptors (Lipinski definition) is 4. The van der Waals surface area contributed by atoms with Crippen molar-refractivity contribution in [2.75, 3.05) is 13.1 Å². The van der Waals surface area contributed by atoms with Gasteiger partial charge in [-0.05, 0) is 57.0 Å². The van der Waals surface area contributed by atoms with Gasteiger partial charge in [0.25, 0.3) is 11.8 Å². The monoisotopic (exact) mass is 455 g/mol. The van der Waals surface area contributed by atoms with Crippen LogP contribution >= 0.6 is 11.6 Å². The molecule has 4 rings (SSSR count). The summed E-state index contributed by atoms with van der Waals surface area (Å²) in [6.45, 7) is 4.64. The molecule has 0 aliphatic carbocycles. The van der Waals surface area contributed by atoms with E-state index in [1.165, 1.54) is 12.1 Å². The van der Waals surface area contributed by atoms with Crippen molar-refractivity contribution in [1.29, 1.82) is 0 Å². The van der Waals surface area contributed by atoms with Crippen LogP contribution in [0.25, 0.3) is 5.82 Å². The lowest BCUT2D eigenvalue weighted by molar-refractivity contribution is 0.0693. The SMILES string of the molecule is Cc1cc(C)n(-c2ccc(Cl)c(C(=O)NC3CCN(C(=O)c4ccccc4F)CC3)n2)n1. The molecule has 32 heavy (non-hydrogen) atoms. The van der Waals surface area contributed by atoms with Gasteiger partial charge in [-0.3, -0.25) is 9.59 Å². The van der Waals surface area contributed by atoms with Gasteiger partial charge in [0.1, 0.15) is 11.5 Å². The maximum atomic E-state index is 13.9. The molecule has 9 heteroatoms. The molecule has 3 aromatic rings. The zero-order valence-electron chi connectivity index (χ0n) is 17.8. The van der Waals surface area contributed by atoms with E-state index in [-0.39, 0.29) is 34.1 Å². The van der Waals surface area contributed by atoms with E-state index in [0.29, 0.717) is 31.7 Å². The Bertz CT molecular complexity index is 1170. The number of nitrogens with zero attached hydrogens (tertiary/aromatic N) is 4. The lowest BCUT2D eigenvalue weighted by atomic mass is 10.0. The largest absolute Gasteiger partial charge is 0.348 e. The van der Waals surface area contributed by atoms with Gasteiger partial charge in [0.2, 0.25) is 0 Å². The molecule has 3 heterocycles. The number of nitrogens with one attached hydrogen (secondary N) is 1. The highest BCUT2D eigenvalue weighted by molar-refractivity contribution is 6.33. The first-order valence-corrected chi connectivity index (χ1v) is 10.8. The molecule has 1 N–H and O–H groups in total. The molecule has 2 aromatic heterocycles. The van der Waals surface area contributed by atoms with Crippen LogP contribution in [0.4, 0.5) is 4.39 Å². The van der Waals surface area contributed by atoms with Crippen LogP contribution in [0, 0.1) is 19.7 Å². The van der Waals surface area contributed by atoms with Crippen LogP contribution in [0.1, 0.15) is 45.1 Å². The molecule has 1 saturated heterocycles. The van der Waals surface area contributed by atoms with Gasteiger partial charge in [0.05, 0.1) is 16.3 Å². The van der Waals surface area contributed by atoms with E-state index >= 15 is 0 Å². The molecule has 1 fully saturated rings. The highest BCUT2D eigenvalue weighted by atomic mass is 35.5. The van der Waals surface area contributed by atoms with E-state index < -0.39 is 5.82 Å². The summed E-state index contributed by atoms with van der Waals surface area (Å²) < 4.78 is 15.6. The Morgan fingerprint density at radius 1 is 1.12 bits per heavy atom. The Morgan fingerprint density at radius 2 is 1.84 bits per heavy atom. The van der Waals surface area contributed by atoms with Crippen molar-refractivity contribution < 1.29 is 14.0 Å². The molecule has 1 aromatic carbocycles. The summed E-state index contributed by atoms with van der Waals surface area (Å²) in [7, 11) is 0. The number of amides is 2. The maximum Gasteiger partial charge on any atom is 0.271 e. The molecule has 0 radical (unpaired) electrons. The van der Waals surface area contributed by atoms with E-state index in [1.54, 1.807) is 33.8 Å². The number of hydrogen-bond donors (Lipinski definition) is 1. The highest BCUT2D eigenvalue weighted by Crippen LogP contribution is 2.20. The summed E-state index contributed by atoms with van der Waals surface area (Å²) >= 11 is 6.25. The second-order valence-corrected chi connectivity index (χ2v) is 8.27. The molecular formula is C23H23ClFN5O2. The molecule has 0 saturated carbocycles. The fraction of sp³-hybridized carbons (Fsp3) is 0.304. The molecule has 0 bridgehead atoms. The first-order chi connectivity index (χ1) is 15.3. The van der Waals surface area contributed by atoms with E-state index in [4.69, 9.17) is 11.6 Å². The van der Waals surface area contributed by atoms with E-state index in [0.717, 1.165) is 11.4 Å². The van der Waals surface area contributed by atoms with Crippen LogP contribution in [0.3, 0.4) is 0 Å². The van der Waals surface area contributed by atoms with Gasteiger partial charge in [0.15, 0.2) is 5.82 Å². The predicted molar refractivity (Wildman–Crippen MR) is 119 cm³/mol. The minimum atomic E-state index is -0.531. The van der Waals surface area contributed by atoms with Gasteiger partial charge in [0, 0.05) is 24.8 Å². The lowest BCUT2D eigenvalue weighted by Gasteiger charge is -2.32. The van der Waals surface area contributed by atoms with Gasteiger partial charge in [-0.1, -0.05) is 23.7 Å². The summed E-state index contributed by atoms with van der Waals surface area (Å²) in [6.07, 6.45) is 1.11. The van der Waals surface area contributed by atoms with E-state index in [9.17, 15) is 14.0 Å². The smallest absolute Gasteiger partial charge is 0.271 e. The van der Waals surface area contributed by atoms with Crippen molar-refractivity contribution in [3.63, 3.8) is 0 Å². The van der Waals surface area contributed by atoms with Crippen LogP contribution in [0.5, 0.6) is 0 Å². The zero-order valence-corrected chi connectivity index (χ0v) is 18.6. The van der Waals surface area contributed by atoms with Crippen LogP contribution in [-0.4, -0.2) is 50.6 Å². The van der Waals surface area contributed by atoms with Gasteiger partial charge in [-0.15, -0.1) is 0 Å². The Balaban J connectivity index is 1.41. The molecular weight excluding hydrogens is 433 g/mol. The third kappa shape index (κ3) is 4.50. The highest BCUT2D eigenvalue weighted by Gasteiger charge is 2.27. The molecule has 0 unspecified atom stereocenters. The number of likely N-dealkylation sites (tertiary alicyclic amines) is 1. The fourth-order valence-electron chi connectivity index (χ4n) is 3.86. The summed E-state index contributed by atoms with van der Waals surface area (Å²) in [5.74, 6) is -0.737. The van der Waals surface area contributed by atoms with Crippen LogP contribution in [0.2, 0.25) is 5.02 Å². The van der Waals surface area contributed by atoms with Gasteiger partial charge < -0.3 is 10.2 Å². The van der Waals surface area contributed by atoms with Gasteiger partial charge >= 0.3 is 0 Å². The van der Waals surface area contributed by atoms with E-state index in [2.05, 4.69) is 15.4 Å². The minimum absolute atomic E-state index is 0.0620. The van der Waals surface area contributed by atoms with Crippen molar-refractivity contribution in [1.82, 2.24) is 25.0 Å². The molecule has 0 atom stereocenters. The predicted octanol–water partition coefficient (Wildman–Crippen LogP) is 3.71. The molecule has 1 aliphatic heterocycles. The minimum Gasteiger partial charge on any atom is -0.348 e. The number of pyridine rings is 1. The van der Waals surface area contributed by atoms with Crippen molar-refractivity contribution >= 4 is 23.4 Å². The molecule has 2 amide bonds. The molecule has 0 spiro atoms. The van der Waals surface area contributed by atoms with Crippen molar-refractivity contribution in [2.24, 2.45) is 0 Å².